The summed E-state index contributed by atoms with van der Waals surface area (Å²) in [6.45, 7) is 9.58. The molecule has 0 fully saturated rings. The zero-order valence-corrected chi connectivity index (χ0v) is 11.5. The summed E-state index contributed by atoms with van der Waals surface area (Å²) in [6, 6.07) is 0. The van der Waals surface area contributed by atoms with Gasteiger partial charge in [-0.1, -0.05) is 17.8 Å². The van der Waals surface area contributed by atoms with E-state index in [4.69, 9.17) is 0 Å². The molecule has 2 aromatic heterocycles. The van der Waals surface area contributed by atoms with E-state index in [9.17, 15) is 0 Å². The Morgan fingerprint density at radius 1 is 1.33 bits per heavy atom. The summed E-state index contributed by atoms with van der Waals surface area (Å²) in [6.07, 6.45) is 5.70. The van der Waals surface area contributed by atoms with Gasteiger partial charge in [-0.2, -0.15) is 5.10 Å². The minimum absolute atomic E-state index is 0.840. The fourth-order valence-electron chi connectivity index (χ4n) is 1.68. The minimum atomic E-state index is 0.840. The molecule has 0 spiro atoms. The number of hydrogen-bond donors (Lipinski definition) is 0. The molecular weight excluding hydrogens is 246 g/mol. The van der Waals surface area contributed by atoms with Gasteiger partial charge in [-0.05, 0) is 13.8 Å². The number of aryl methyl sites for hydroxylation is 1. The molecule has 0 aliphatic rings. The van der Waals surface area contributed by atoms with E-state index < -0.39 is 0 Å². The van der Waals surface area contributed by atoms with Gasteiger partial charge in [0.15, 0.2) is 11.0 Å². The monoisotopic (exact) mass is 263 g/mol. The first-order chi connectivity index (χ1) is 8.80. The van der Waals surface area contributed by atoms with E-state index in [1.54, 1.807) is 11.8 Å². The molecule has 0 atom stereocenters. The van der Waals surface area contributed by atoms with Crippen LogP contribution in [0.3, 0.4) is 0 Å². The highest BCUT2D eigenvalue weighted by molar-refractivity contribution is 7.99. The first-order valence-electron chi connectivity index (χ1n) is 5.99. The normalized spacial score (nSPS) is 10.8. The van der Waals surface area contributed by atoms with Gasteiger partial charge in [-0.15, -0.1) is 16.8 Å². The second-order valence-electron chi connectivity index (χ2n) is 3.73. The van der Waals surface area contributed by atoms with Crippen LogP contribution in [0, 0.1) is 0 Å². The third-order valence-electron chi connectivity index (χ3n) is 2.58. The maximum atomic E-state index is 4.27. The zero-order chi connectivity index (χ0) is 13.0. The van der Waals surface area contributed by atoms with Gasteiger partial charge >= 0.3 is 0 Å². The minimum Gasteiger partial charge on any atom is -0.302 e. The van der Waals surface area contributed by atoms with Crippen LogP contribution < -0.4 is 0 Å². The van der Waals surface area contributed by atoms with Crippen LogP contribution in [0.15, 0.2) is 30.2 Å². The maximum absolute atomic E-state index is 4.27. The van der Waals surface area contributed by atoms with Gasteiger partial charge in [0.1, 0.15) is 0 Å². The van der Waals surface area contributed by atoms with E-state index >= 15 is 0 Å². The number of thioether (sulfide) groups is 1. The van der Waals surface area contributed by atoms with Crippen LogP contribution in [0.4, 0.5) is 0 Å². The Morgan fingerprint density at radius 2 is 2.17 bits per heavy atom. The molecule has 0 bridgehead atoms. The zero-order valence-electron chi connectivity index (χ0n) is 10.7. The highest BCUT2D eigenvalue weighted by Crippen LogP contribution is 2.23. The number of nitrogens with zero attached hydrogens (tertiary/aromatic N) is 5. The second-order valence-corrected chi connectivity index (χ2v) is 4.72. The van der Waals surface area contributed by atoms with Crippen LogP contribution in [0.2, 0.25) is 0 Å². The van der Waals surface area contributed by atoms with Crippen LogP contribution in [0.5, 0.6) is 0 Å². The topological polar surface area (TPSA) is 48.5 Å². The van der Waals surface area contributed by atoms with E-state index in [2.05, 4.69) is 40.3 Å². The molecule has 0 aromatic carbocycles. The standard InChI is InChI=1S/C12H17N5S/c1-4-7-18-12-15-14-11(17(12)6-3)10-8-13-16(5-2)9-10/h4,8-9H,1,5-7H2,2-3H3. The average molecular weight is 263 g/mol. The maximum Gasteiger partial charge on any atom is 0.191 e. The molecule has 0 aliphatic carbocycles. The predicted octanol–water partition coefficient (Wildman–Crippen LogP) is 2.46. The summed E-state index contributed by atoms with van der Waals surface area (Å²) in [5.74, 6) is 1.72. The molecule has 18 heavy (non-hydrogen) atoms. The van der Waals surface area contributed by atoms with Gasteiger partial charge in [0.25, 0.3) is 0 Å². The van der Waals surface area contributed by atoms with E-state index in [0.717, 1.165) is 35.4 Å². The van der Waals surface area contributed by atoms with Crippen molar-refractivity contribution < 1.29 is 0 Å². The van der Waals surface area contributed by atoms with E-state index in [0.29, 0.717) is 0 Å². The molecule has 6 heteroatoms. The van der Waals surface area contributed by atoms with Crippen molar-refractivity contribution in [3.8, 4) is 11.4 Å². The summed E-state index contributed by atoms with van der Waals surface area (Å²) in [7, 11) is 0. The molecule has 0 unspecified atom stereocenters. The third-order valence-corrected chi connectivity index (χ3v) is 3.54. The molecule has 2 heterocycles. The molecule has 2 rings (SSSR count). The Hall–Kier alpha value is -1.56. The summed E-state index contributed by atoms with van der Waals surface area (Å²) in [4.78, 5) is 0. The molecule has 0 saturated heterocycles. The van der Waals surface area contributed by atoms with Gasteiger partial charge in [-0.3, -0.25) is 4.68 Å². The smallest absolute Gasteiger partial charge is 0.191 e. The number of hydrogen-bond acceptors (Lipinski definition) is 4. The summed E-state index contributed by atoms with van der Waals surface area (Å²) >= 11 is 1.64. The van der Waals surface area contributed by atoms with Gasteiger partial charge in [0.05, 0.1) is 11.8 Å². The summed E-state index contributed by atoms with van der Waals surface area (Å²) in [5, 5.41) is 13.7. The van der Waals surface area contributed by atoms with Crippen LogP contribution in [-0.4, -0.2) is 30.3 Å². The van der Waals surface area contributed by atoms with Crippen molar-refractivity contribution >= 4 is 11.8 Å². The highest BCUT2D eigenvalue weighted by Gasteiger charge is 2.13. The van der Waals surface area contributed by atoms with Crippen molar-refractivity contribution in [1.82, 2.24) is 24.5 Å². The molecule has 5 nitrogen and oxygen atoms in total. The van der Waals surface area contributed by atoms with Crippen molar-refractivity contribution in [3.63, 3.8) is 0 Å². The van der Waals surface area contributed by atoms with Gasteiger partial charge in [0.2, 0.25) is 0 Å². The number of aromatic nitrogens is 5. The molecular formula is C12H17N5S. The highest BCUT2D eigenvalue weighted by atomic mass is 32.2. The predicted molar refractivity (Wildman–Crippen MR) is 73.5 cm³/mol. The Morgan fingerprint density at radius 3 is 2.78 bits per heavy atom. The lowest BCUT2D eigenvalue weighted by molar-refractivity contribution is 0.659. The van der Waals surface area contributed by atoms with Gasteiger partial charge < -0.3 is 4.57 Å². The lowest BCUT2D eigenvalue weighted by Crippen LogP contribution is -1.99. The van der Waals surface area contributed by atoms with Crippen LogP contribution in [0.25, 0.3) is 11.4 Å². The Kier molecular flexibility index (Phi) is 4.19. The van der Waals surface area contributed by atoms with Crippen molar-refractivity contribution in [2.24, 2.45) is 0 Å². The molecule has 2 aromatic rings. The molecule has 0 aliphatic heterocycles. The fraction of sp³-hybridized carbons (Fsp3) is 0.417. The third kappa shape index (κ3) is 2.48. The van der Waals surface area contributed by atoms with Crippen LogP contribution in [-0.2, 0) is 13.1 Å². The van der Waals surface area contributed by atoms with Crippen molar-refractivity contribution in [2.45, 2.75) is 32.1 Å². The lowest BCUT2D eigenvalue weighted by Gasteiger charge is -2.04. The van der Waals surface area contributed by atoms with E-state index in [-0.39, 0.29) is 0 Å². The number of rotatable bonds is 6. The van der Waals surface area contributed by atoms with E-state index in [1.165, 1.54) is 0 Å². The first-order valence-corrected chi connectivity index (χ1v) is 6.98. The second kappa shape index (κ2) is 5.86. The SMILES string of the molecule is C=CCSc1nnc(-c2cnn(CC)c2)n1CC. The van der Waals surface area contributed by atoms with Crippen molar-refractivity contribution in [2.75, 3.05) is 5.75 Å². The fourth-order valence-corrected chi connectivity index (χ4v) is 2.42. The Labute approximate surface area is 111 Å². The van der Waals surface area contributed by atoms with E-state index in [1.807, 2.05) is 23.2 Å². The summed E-state index contributed by atoms with van der Waals surface area (Å²) < 4.78 is 3.99. The van der Waals surface area contributed by atoms with Gasteiger partial charge in [-0.25, -0.2) is 0 Å². The largest absolute Gasteiger partial charge is 0.302 e. The first kappa shape index (κ1) is 12.9. The molecule has 0 N–H and O–H groups in total. The quantitative estimate of drug-likeness (QED) is 0.593. The van der Waals surface area contributed by atoms with Crippen LogP contribution >= 0.6 is 11.8 Å². The molecule has 0 radical (unpaired) electrons. The molecule has 96 valence electrons. The molecule has 0 amide bonds. The van der Waals surface area contributed by atoms with Crippen molar-refractivity contribution in [3.05, 3.63) is 25.0 Å². The average Bonchev–Trinajstić information content (AvgIpc) is 3.01. The summed E-state index contributed by atoms with van der Waals surface area (Å²) in [5.41, 5.74) is 1.01. The lowest BCUT2D eigenvalue weighted by atomic mass is 10.3. The Bertz CT molecular complexity index is 528. The van der Waals surface area contributed by atoms with Gasteiger partial charge in [0, 0.05) is 25.0 Å². The Balaban J connectivity index is 2.32. The van der Waals surface area contributed by atoms with Crippen LogP contribution in [0.1, 0.15) is 13.8 Å². The van der Waals surface area contributed by atoms with Crippen molar-refractivity contribution in [1.29, 1.82) is 0 Å². The molecule has 0 saturated carbocycles.